The number of benzene rings is 1. The molecule has 1 aromatic rings. The number of hydrogen-bond donors (Lipinski definition) is 2. The van der Waals surface area contributed by atoms with Crippen LogP contribution in [0.15, 0.2) is 22.7 Å². The first kappa shape index (κ1) is 16.5. The van der Waals surface area contributed by atoms with Crippen LogP contribution in [0.3, 0.4) is 0 Å². The number of nitrogens with one attached hydrogen (secondary N) is 2. The van der Waals surface area contributed by atoms with E-state index in [2.05, 4.69) is 26.6 Å². The quantitative estimate of drug-likeness (QED) is 0.784. The summed E-state index contributed by atoms with van der Waals surface area (Å²) in [6.45, 7) is 3.52. The lowest BCUT2D eigenvalue weighted by molar-refractivity contribution is -0.130. The Hall–Kier alpha value is -1.89. The number of carbonyl (C=O) groups excluding carboxylic acids is 3. The molecule has 0 spiro atoms. The molecule has 0 saturated carbocycles. The van der Waals surface area contributed by atoms with Gasteiger partial charge in [0.1, 0.15) is 12.6 Å². The van der Waals surface area contributed by atoms with Crippen molar-refractivity contribution in [1.29, 1.82) is 0 Å². The lowest BCUT2D eigenvalue weighted by atomic mass is 10.1. The van der Waals surface area contributed by atoms with Crippen molar-refractivity contribution >= 4 is 39.5 Å². The van der Waals surface area contributed by atoms with Gasteiger partial charge in [0.15, 0.2) is 0 Å². The number of aryl methyl sites for hydroxylation is 1. The maximum atomic E-state index is 12.1. The lowest BCUT2D eigenvalue weighted by Gasteiger charge is -2.14. The first-order chi connectivity index (χ1) is 10.4. The molecule has 1 aliphatic rings. The number of carbonyl (C=O) groups is 3. The van der Waals surface area contributed by atoms with E-state index in [1.165, 1.54) is 0 Å². The van der Waals surface area contributed by atoms with Crippen LogP contribution >= 0.6 is 15.9 Å². The fraction of sp³-hybridized carbons (Fsp3) is 0.400. The molecule has 1 unspecified atom stereocenters. The third-order valence-electron chi connectivity index (χ3n) is 3.45. The van der Waals surface area contributed by atoms with Crippen LogP contribution in [-0.4, -0.2) is 35.3 Å². The Labute approximate surface area is 137 Å². The monoisotopic (exact) mass is 367 g/mol. The number of amides is 4. The summed E-state index contributed by atoms with van der Waals surface area (Å²) in [6.07, 6.45) is 1.36. The molecule has 1 atom stereocenters. The van der Waals surface area contributed by atoms with Crippen molar-refractivity contribution in [2.45, 2.75) is 32.7 Å². The molecular formula is C15H18BrN3O3. The molecule has 2 rings (SSSR count). The van der Waals surface area contributed by atoms with Crippen LogP contribution in [0.4, 0.5) is 10.5 Å². The lowest BCUT2D eigenvalue weighted by Crippen LogP contribution is -2.38. The number of hydrogen-bond acceptors (Lipinski definition) is 3. The first-order valence-electron chi connectivity index (χ1n) is 7.10. The second kappa shape index (κ2) is 6.91. The zero-order valence-electron chi connectivity index (χ0n) is 12.5. The van der Waals surface area contributed by atoms with Gasteiger partial charge in [0, 0.05) is 10.2 Å². The Kier molecular flexibility index (Phi) is 5.18. The van der Waals surface area contributed by atoms with Crippen LogP contribution in [0.1, 0.15) is 25.3 Å². The van der Waals surface area contributed by atoms with Gasteiger partial charge in [-0.2, -0.15) is 0 Å². The molecular weight excluding hydrogens is 350 g/mol. The molecule has 0 aliphatic carbocycles. The van der Waals surface area contributed by atoms with Gasteiger partial charge in [-0.05, 0) is 37.1 Å². The van der Waals surface area contributed by atoms with E-state index in [1.54, 1.807) is 6.07 Å². The van der Waals surface area contributed by atoms with Gasteiger partial charge in [0.2, 0.25) is 5.91 Å². The van der Waals surface area contributed by atoms with Crippen LogP contribution < -0.4 is 10.6 Å². The van der Waals surface area contributed by atoms with Crippen LogP contribution in [-0.2, 0) is 9.59 Å². The van der Waals surface area contributed by atoms with Crippen molar-refractivity contribution < 1.29 is 14.4 Å². The number of anilines is 1. The smallest absolute Gasteiger partial charge is 0.325 e. The number of halogens is 1. The summed E-state index contributed by atoms with van der Waals surface area (Å²) in [7, 11) is 0. The Morgan fingerprint density at radius 1 is 1.41 bits per heavy atom. The summed E-state index contributed by atoms with van der Waals surface area (Å²) in [5.41, 5.74) is 1.55. The molecule has 6 nitrogen and oxygen atoms in total. The van der Waals surface area contributed by atoms with Crippen molar-refractivity contribution in [3.63, 3.8) is 0 Å². The van der Waals surface area contributed by atoms with Crippen molar-refractivity contribution in [1.82, 2.24) is 10.2 Å². The fourth-order valence-electron chi connectivity index (χ4n) is 2.31. The fourth-order valence-corrected chi connectivity index (χ4v) is 2.79. The molecule has 1 fully saturated rings. The zero-order chi connectivity index (χ0) is 16.3. The van der Waals surface area contributed by atoms with E-state index in [9.17, 15) is 14.4 Å². The van der Waals surface area contributed by atoms with Crippen molar-refractivity contribution in [3.05, 3.63) is 28.2 Å². The topological polar surface area (TPSA) is 78.5 Å². The largest absolute Gasteiger partial charge is 0.326 e. The van der Waals surface area contributed by atoms with E-state index >= 15 is 0 Å². The van der Waals surface area contributed by atoms with Crippen molar-refractivity contribution in [2.75, 3.05) is 11.9 Å². The van der Waals surface area contributed by atoms with Gasteiger partial charge in [-0.15, -0.1) is 0 Å². The second-order valence-electron chi connectivity index (χ2n) is 5.22. The van der Waals surface area contributed by atoms with Crippen LogP contribution in [0.25, 0.3) is 0 Å². The Balaban J connectivity index is 2.00. The van der Waals surface area contributed by atoms with E-state index in [1.807, 2.05) is 26.0 Å². The minimum absolute atomic E-state index is 0.277. The van der Waals surface area contributed by atoms with Gasteiger partial charge in [-0.3, -0.25) is 14.5 Å². The standard InChI is InChI=1S/C15H18BrN3O3/c1-3-4-12-14(21)19(15(22)18-12)8-13(20)17-11-6-5-10(16)7-9(11)2/h5-7,12H,3-4,8H2,1-2H3,(H,17,20)(H,18,22). The summed E-state index contributed by atoms with van der Waals surface area (Å²) in [6, 6.07) is 4.43. The molecule has 1 aliphatic heterocycles. The Bertz CT molecular complexity index is 618. The SMILES string of the molecule is CCCC1NC(=O)N(CC(=O)Nc2ccc(Br)cc2C)C1=O. The van der Waals surface area contributed by atoms with Crippen LogP contribution in [0.5, 0.6) is 0 Å². The minimum atomic E-state index is -0.514. The highest BCUT2D eigenvalue weighted by molar-refractivity contribution is 9.10. The molecule has 22 heavy (non-hydrogen) atoms. The highest BCUT2D eigenvalue weighted by Crippen LogP contribution is 2.20. The maximum Gasteiger partial charge on any atom is 0.325 e. The second-order valence-corrected chi connectivity index (χ2v) is 6.14. The maximum absolute atomic E-state index is 12.1. The predicted octanol–water partition coefficient (Wildman–Crippen LogP) is 2.42. The first-order valence-corrected chi connectivity index (χ1v) is 7.89. The van der Waals surface area contributed by atoms with E-state index < -0.39 is 18.0 Å². The summed E-state index contributed by atoms with van der Waals surface area (Å²) in [4.78, 5) is 36.9. The van der Waals surface area contributed by atoms with E-state index in [0.29, 0.717) is 12.1 Å². The number of rotatable bonds is 5. The molecule has 0 radical (unpaired) electrons. The summed E-state index contributed by atoms with van der Waals surface area (Å²) in [5.74, 6) is -0.736. The molecule has 118 valence electrons. The van der Waals surface area contributed by atoms with Crippen molar-refractivity contribution in [3.8, 4) is 0 Å². The van der Waals surface area contributed by atoms with Gasteiger partial charge >= 0.3 is 6.03 Å². The summed E-state index contributed by atoms with van der Waals surface area (Å²) in [5, 5.41) is 5.31. The van der Waals surface area contributed by atoms with Crippen molar-refractivity contribution in [2.24, 2.45) is 0 Å². The van der Waals surface area contributed by atoms with Gasteiger partial charge < -0.3 is 10.6 Å². The predicted molar refractivity (Wildman–Crippen MR) is 86.4 cm³/mol. The molecule has 1 saturated heterocycles. The zero-order valence-corrected chi connectivity index (χ0v) is 14.1. The number of imide groups is 1. The molecule has 0 aromatic heterocycles. The molecule has 1 aromatic carbocycles. The third-order valence-corrected chi connectivity index (χ3v) is 3.94. The van der Waals surface area contributed by atoms with E-state index in [0.717, 1.165) is 21.4 Å². The highest BCUT2D eigenvalue weighted by atomic mass is 79.9. The molecule has 2 N–H and O–H groups in total. The third kappa shape index (κ3) is 3.65. The Morgan fingerprint density at radius 3 is 2.77 bits per heavy atom. The van der Waals surface area contributed by atoms with Gasteiger partial charge in [-0.25, -0.2) is 4.79 Å². The molecule has 0 bridgehead atoms. The number of nitrogens with zero attached hydrogens (tertiary/aromatic N) is 1. The van der Waals surface area contributed by atoms with Gasteiger partial charge in [-0.1, -0.05) is 29.3 Å². The Morgan fingerprint density at radius 2 is 2.14 bits per heavy atom. The molecule has 7 heteroatoms. The highest BCUT2D eigenvalue weighted by Gasteiger charge is 2.38. The average molecular weight is 368 g/mol. The van der Waals surface area contributed by atoms with E-state index in [-0.39, 0.29) is 12.5 Å². The number of urea groups is 1. The molecule has 1 heterocycles. The summed E-state index contributed by atoms with van der Waals surface area (Å²) >= 11 is 3.35. The minimum Gasteiger partial charge on any atom is -0.326 e. The normalized spacial score (nSPS) is 17.6. The van der Waals surface area contributed by atoms with Crippen LogP contribution in [0, 0.1) is 6.92 Å². The van der Waals surface area contributed by atoms with Gasteiger partial charge in [0.05, 0.1) is 0 Å². The average Bonchev–Trinajstić information content (AvgIpc) is 2.70. The molecule has 4 amide bonds. The summed E-state index contributed by atoms with van der Waals surface area (Å²) < 4.78 is 0.916. The van der Waals surface area contributed by atoms with Crippen LogP contribution in [0.2, 0.25) is 0 Å². The van der Waals surface area contributed by atoms with E-state index in [4.69, 9.17) is 0 Å². The van der Waals surface area contributed by atoms with Gasteiger partial charge in [0.25, 0.3) is 5.91 Å².